The van der Waals surface area contributed by atoms with Crippen LogP contribution >= 0.6 is 0 Å². The van der Waals surface area contributed by atoms with Crippen LogP contribution in [0.1, 0.15) is 16.1 Å². The van der Waals surface area contributed by atoms with Gasteiger partial charge in [0, 0.05) is 43.3 Å². The van der Waals surface area contributed by atoms with E-state index < -0.39 is 12.0 Å². The highest BCUT2D eigenvalue weighted by molar-refractivity contribution is 6.09. The minimum Gasteiger partial charge on any atom is -0.508 e. The molecule has 2 N–H and O–H groups in total. The van der Waals surface area contributed by atoms with Gasteiger partial charge in [-0.1, -0.05) is 0 Å². The maximum atomic E-state index is 13.1. The number of hydrogen-bond donors (Lipinski definition) is 2. The summed E-state index contributed by atoms with van der Waals surface area (Å²) in [5.41, 5.74) is 2.18. The first-order chi connectivity index (χ1) is 11.3. The number of nitrogens with zero attached hydrogens (tertiary/aromatic N) is 3. The van der Waals surface area contributed by atoms with Gasteiger partial charge in [0.2, 0.25) is 0 Å². The summed E-state index contributed by atoms with van der Waals surface area (Å²) in [7, 11) is 3.62. The number of hydrogen-bond acceptors (Lipinski definition) is 4. The number of amides is 1. The van der Waals surface area contributed by atoms with Crippen LogP contribution in [0.4, 0.5) is 0 Å². The number of carboxylic acids is 1. The summed E-state index contributed by atoms with van der Waals surface area (Å²) in [6.07, 6.45) is 0. The Morgan fingerprint density at radius 3 is 2.58 bits per heavy atom. The summed E-state index contributed by atoms with van der Waals surface area (Å²) in [5, 5.41) is 19.8. The molecule has 2 aromatic rings. The highest BCUT2D eigenvalue weighted by atomic mass is 16.4. The summed E-state index contributed by atoms with van der Waals surface area (Å²) in [6, 6.07) is 4.25. The Hall–Kier alpha value is -2.54. The topological polar surface area (TPSA) is 86.0 Å². The SMILES string of the molecule is Cc1c(C(=O)N2CCN(C)[C@@H](C(=O)O)C2)c2cc(O)ccc2n1C. The van der Waals surface area contributed by atoms with Crippen molar-refractivity contribution in [1.82, 2.24) is 14.4 Å². The summed E-state index contributed by atoms with van der Waals surface area (Å²) >= 11 is 0. The summed E-state index contributed by atoms with van der Waals surface area (Å²) in [4.78, 5) is 27.8. The first-order valence-corrected chi connectivity index (χ1v) is 7.81. The minimum atomic E-state index is -0.928. The first kappa shape index (κ1) is 16.3. The predicted molar refractivity (Wildman–Crippen MR) is 89.3 cm³/mol. The molecule has 1 atom stereocenters. The Balaban J connectivity index is 2.01. The van der Waals surface area contributed by atoms with Crippen LogP contribution in [0, 0.1) is 6.92 Å². The molecule has 1 saturated heterocycles. The third-order valence-electron chi connectivity index (χ3n) is 4.91. The van der Waals surface area contributed by atoms with E-state index in [2.05, 4.69) is 0 Å². The van der Waals surface area contributed by atoms with Gasteiger partial charge in [-0.15, -0.1) is 0 Å². The minimum absolute atomic E-state index is 0.101. The lowest BCUT2D eigenvalue weighted by molar-refractivity contribution is -0.144. The summed E-state index contributed by atoms with van der Waals surface area (Å²) < 4.78 is 1.91. The molecule has 128 valence electrons. The molecule has 1 aromatic carbocycles. The fourth-order valence-corrected chi connectivity index (χ4v) is 3.31. The molecule has 1 fully saturated rings. The van der Waals surface area contributed by atoms with Crippen LogP contribution in [0.3, 0.4) is 0 Å². The van der Waals surface area contributed by atoms with Crippen molar-refractivity contribution in [3.05, 3.63) is 29.5 Å². The van der Waals surface area contributed by atoms with Crippen molar-refractivity contribution in [1.29, 1.82) is 0 Å². The number of piperazine rings is 1. The zero-order valence-corrected chi connectivity index (χ0v) is 14.0. The molecular formula is C17H21N3O4. The number of likely N-dealkylation sites (N-methyl/N-ethyl adjacent to an activating group) is 1. The molecule has 7 heteroatoms. The molecule has 7 nitrogen and oxygen atoms in total. The number of aliphatic carboxylic acids is 1. The molecule has 1 aliphatic rings. The van der Waals surface area contributed by atoms with Crippen LogP contribution in [-0.2, 0) is 11.8 Å². The fourth-order valence-electron chi connectivity index (χ4n) is 3.31. The van der Waals surface area contributed by atoms with E-state index >= 15 is 0 Å². The molecule has 1 amide bonds. The maximum absolute atomic E-state index is 13.1. The number of carbonyl (C=O) groups is 2. The van der Waals surface area contributed by atoms with E-state index in [0.717, 1.165) is 11.2 Å². The molecule has 0 bridgehead atoms. The van der Waals surface area contributed by atoms with Crippen molar-refractivity contribution < 1.29 is 19.8 Å². The number of phenols is 1. The normalized spacial score (nSPS) is 19.0. The molecule has 1 aliphatic heterocycles. The number of aryl methyl sites for hydroxylation is 1. The molecule has 0 saturated carbocycles. The molecule has 1 aromatic heterocycles. The van der Waals surface area contributed by atoms with E-state index in [-0.39, 0.29) is 18.2 Å². The predicted octanol–water partition coefficient (Wildman–Crippen LogP) is 1.03. The molecule has 2 heterocycles. The third kappa shape index (κ3) is 2.50. The van der Waals surface area contributed by atoms with Gasteiger partial charge >= 0.3 is 5.97 Å². The number of benzene rings is 1. The lowest BCUT2D eigenvalue weighted by Crippen LogP contribution is -2.56. The number of phenolic OH excluding ortho intramolecular Hbond substituents is 1. The molecular weight excluding hydrogens is 310 g/mol. The number of rotatable bonds is 2. The van der Waals surface area contributed by atoms with Crippen molar-refractivity contribution in [3.63, 3.8) is 0 Å². The Bertz CT molecular complexity index is 827. The largest absolute Gasteiger partial charge is 0.508 e. The zero-order chi connectivity index (χ0) is 17.6. The number of carboxylic acid groups (broad SMARTS) is 1. The number of carbonyl (C=O) groups excluding carboxylic acids is 1. The van der Waals surface area contributed by atoms with E-state index in [1.807, 2.05) is 18.5 Å². The Morgan fingerprint density at radius 1 is 1.21 bits per heavy atom. The van der Waals surface area contributed by atoms with E-state index in [0.29, 0.717) is 24.0 Å². The average Bonchev–Trinajstić information content (AvgIpc) is 2.77. The van der Waals surface area contributed by atoms with Crippen molar-refractivity contribution in [2.75, 3.05) is 26.7 Å². The van der Waals surface area contributed by atoms with E-state index in [1.165, 1.54) is 0 Å². The van der Waals surface area contributed by atoms with Gasteiger partial charge in [0.1, 0.15) is 11.8 Å². The van der Waals surface area contributed by atoms with Gasteiger partial charge in [0.25, 0.3) is 5.91 Å². The second-order valence-corrected chi connectivity index (χ2v) is 6.31. The molecule has 24 heavy (non-hydrogen) atoms. The lowest BCUT2D eigenvalue weighted by Gasteiger charge is -2.37. The highest BCUT2D eigenvalue weighted by Crippen LogP contribution is 2.29. The Labute approximate surface area is 139 Å². The highest BCUT2D eigenvalue weighted by Gasteiger charge is 2.34. The molecule has 0 radical (unpaired) electrons. The van der Waals surface area contributed by atoms with Gasteiger partial charge in [0.15, 0.2) is 0 Å². The maximum Gasteiger partial charge on any atom is 0.322 e. The summed E-state index contributed by atoms with van der Waals surface area (Å²) in [6.45, 7) is 3.00. The monoisotopic (exact) mass is 331 g/mol. The van der Waals surface area contributed by atoms with Crippen LogP contribution in [0.5, 0.6) is 5.75 Å². The zero-order valence-electron chi connectivity index (χ0n) is 14.0. The molecule has 0 spiro atoms. The summed E-state index contributed by atoms with van der Waals surface area (Å²) in [5.74, 6) is -1.02. The van der Waals surface area contributed by atoms with Gasteiger partial charge in [-0.05, 0) is 32.2 Å². The van der Waals surface area contributed by atoms with Gasteiger partial charge in [-0.2, -0.15) is 0 Å². The fraction of sp³-hybridized carbons (Fsp3) is 0.412. The standard InChI is InChI=1S/C17H21N3O4/c1-10-15(12-8-11(21)4-5-13(12)19(10)3)16(22)20-7-6-18(2)14(9-20)17(23)24/h4-5,8,14,21H,6-7,9H2,1-3H3,(H,23,24)/t14-/m1/s1. The Morgan fingerprint density at radius 2 is 1.92 bits per heavy atom. The van der Waals surface area contributed by atoms with Crippen LogP contribution in [0.2, 0.25) is 0 Å². The van der Waals surface area contributed by atoms with Crippen molar-refractivity contribution in [2.24, 2.45) is 7.05 Å². The van der Waals surface area contributed by atoms with E-state index in [4.69, 9.17) is 0 Å². The smallest absolute Gasteiger partial charge is 0.322 e. The molecule has 0 aliphatic carbocycles. The van der Waals surface area contributed by atoms with Gasteiger partial charge in [0.05, 0.1) is 5.56 Å². The third-order valence-corrected chi connectivity index (χ3v) is 4.91. The van der Waals surface area contributed by atoms with Gasteiger partial charge in [-0.25, -0.2) is 0 Å². The first-order valence-electron chi connectivity index (χ1n) is 7.81. The van der Waals surface area contributed by atoms with Crippen LogP contribution in [-0.4, -0.2) is 69.2 Å². The molecule has 3 rings (SSSR count). The van der Waals surface area contributed by atoms with Crippen molar-refractivity contribution >= 4 is 22.8 Å². The van der Waals surface area contributed by atoms with Gasteiger partial charge < -0.3 is 19.7 Å². The molecule has 0 unspecified atom stereocenters. The van der Waals surface area contributed by atoms with Crippen LogP contribution in [0.15, 0.2) is 18.2 Å². The lowest BCUT2D eigenvalue weighted by atomic mass is 10.1. The van der Waals surface area contributed by atoms with Crippen molar-refractivity contribution in [2.45, 2.75) is 13.0 Å². The van der Waals surface area contributed by atoms with E-state index in [1.54, 1.807) is 35.0 Å². The Kier molecular flexibility index (Phi) is 3.96. The van der Waals surface area contributed by atoms with E-state index in [9.17, 15) is 19.8 Å². The average molecular weight is 331 g/mol. The van der Waals surface area contributed by atoms with Crippen LogP contribution in [0.25, 0.3) is 10.9 Å². The number of aromatic hydroxyl groups is 1. The number of aromatic nitrogens is 1. The second kappa shape index (κ2) is 5.83. The van der Waals surface area contributed by atoms with Gasteiger partial charge in [-0.3, -0.25) is 14.5 Å². The quantitative estimate of drug-likeness (QED) is 0.858. The second-order valence-electron chi connectivity index (χ2n) is 6.31. The van der Waals surface area contributed by atoms with Crippen molar-refractivity contribution in [3.8, 4) is 5.75 Å². The van der Waals surface area contributed by atoms with Crippen LogP contribution < -0.4 is 0 Å². The number of fused-ring (bicyclic) bond motifs is 1.